The van der Waals surface area contributed by atoms with Crippen molar-refractivity contribution in [3.63, 3.8) is 0 Å². The van der Waals surface area contributed by atoms with Gasteiger partial charge in [-0.05, 0) is 41.9 Å². The number of benzene rings is 1. The molecule has 0 amide bonds. The Labute approximate surface area is 109 Å². The average Bonchev–Trinajstić information content (AvgIpc) is 2.18. The Bertz CT molecular complexity index is 399. The van der Waals surface area contributed by atoms with Crippen molar-refractivity contribution in [3.05, 3.63) is 34.6 Å². The zero-order chi connectivity index (χ0) is 13.3. The molecule has 1 aromatic rings. The molecule has 4 heteroatoms. The summed E-state index contributed by atoms with van der Waals surface area (Å²) < 4.78 is 19.1. The van der Waals surface area contributed by atoms with Crippen LogP contribution in [0.3, 0.4) is 0 Å². The Kier molecular flexibility index (Phi) is 4.39. The lowest BCUT2D eigenvalue weighted by Gasteiger charge is -2.36. The van der Waals surface area contributed by atoms with Crippen molar-refractivity contribution in [2.24, 2.45) is 0 Å². The van der Waals surface area contributed by atoms with Gasteiger partial charge in [0.15, 0.2) is 8.32 Å². The van der Waals surface area contributed by atoms with Crippen molar-refractivity contribution in [2.75, 3.05) is 0 Å². The van der Waals surface area contributed by atoms with Crippen LogP contribution in [0.5, 0.6) is 0 Å². The molecule has 0 bridgehead atoms. The molecule has 17 heavy (non-hydrogen) atoms. The summed E-state index contributed by atoms with van der Waals surface area (Å²) in [5, 5.41) is 0.706. The lowest BCUT2D eigenvalue weighted by atomic mass is 10.2. The van der Waals surface area contributed by atoms with Gasteiger partial charge in [-0.15, -0.1) is 0 Å². The second-order valence-electron chi connectivity index (χ2n) is 5.78. The van der Waals surface area contributed by atoms with Crippen LogP contribution < -0.4 is 0 Å². The monoisotopic (exact) mass is 274 g/mol. The minimum atomic E-state index is -1.81. The van der Waals surface area contributed by atoms with E-state index in [0.717, 1.165) is 5.56 Å². The number of hydrogen-bond donors (Lipinski definition) is 0. The van der Waals surface area contributed by atoms with Crippen LogP contribution in [0.15, 0.2) is 18.2 Å². The van der Waals surface area contributed by atoms with Gasteiger partial charge in [-0.25, -0.2) is 4.39 Å². The summed E-state index contributed by atoms with van der Waals surface area (Å²) in [6.45, 7) is 11.2. The molecular weight excluding hydrogens is 255 g/mol. The molecule has 0 saturated heterocycles. The summed E-state index contributed by atoms with van der Waals surface area (Å²) in [5.74, 6) is -0.275. The van der Waals surface area contributed by atoms with Crippen molar-refractivity contribution in [2.45, 2.75) is 45.5 Å². The van der Waals surface area contributed by atoms with Crippen LogP contribution in [0.2, 0.25) is 23.2 Å². The summed E-state index contributed by atoms with van der Waals surface area (Å²) in [6.07, 6.45) is 0. The second-order valence-corrected chi connectivity index (χ2v) is 11.0. The highest BCUT2D eigenvalue weighted by atomic mass is 35.5. The van der Waals surface area contributed by atoms with Crippen molar-refractivity contribution in [3.8, 4) is 0 Å². The normalized spacial score (nSPS) is 12.9. The topological polar surface area (TPSA) is 9.23 Å². The third-order valence-electron chi connectivity index (χ3n) is 3.40. The Morgan fingerprint density at radius 1 is 1.29 bits per heavy atom. The van der Waals surface area contributed by atoms with E-state index in [4.69, 9.17) is 16.0 Å². The van der Waals surface area contributed by atoms with E-state index in [0.29, 0.717) is 11.6 Å². The Balaban J connectivity index is 2.77. The van der Waals surface area contributed by atoms with Crippen LogP contribution >= 0.6 is 11.6 Å². The molecule has 1 aromatic carbocycles. The largest absolute Gasteiger partial charge is 0.413 e. The molecule has 0 aliphatic carbocycles. The van der Waals surface area contributed by atoms with Crippen LogP contribution in [0.4, 0.5) is 4.39 Å². The van der Waals surface area contributed by atoms with Gasteiger partial charge in [0.1, 0.15) is 5.82 Å². The molecule has 0 N–H and O–H groups in total. The molecular formula is C13H20ClFOSi. The average molecular weight is 275 g/mol. The van der Waals surface area contributed by atoms with E-state index in [1.54, 1.807) is 6.07 Å². The maximum atomic E-state index is 13.1. The highest BCUT2D eigenvalue weighted by molar-refractivity contribution is 6.74. The number of halogens is 2. The molecule has 0 atom stereocenters. The zero-order valence-corrected chi connectivity index (χ0v) is 12.9. The lowest BCUT2D eigenvalue weighted by Crippen LogP contribution is -2.40. The van der Waals surface area contributed by atoms with Crippen molar-refractivity contribution >= 4 is 19.9 Å². The minimum Gasteiger partial charge on any atom is -0.413 e. The van der Waals surface area contributed by atoms with E-state index >= 15 is 0 Å². The van der Waals surface area contributed by atoms with Crippen LogP contribution in [0, 0.1) is 5.82 Å². The second kappa shape index (κ2) is 5.08. The molecule has 1 rings (SSSR count). The predicted molar refractivity (Wildman–Crippen MR) is 73.4 cm³/mol. The fourth-order valence-electron chi connectivity index (χ4n) is 1.13. The third-order valence-corrected chi connectivity index (χ3v) is 8.25. The predicted octanol–water partition coefficient (Wildman–Crippen LogP) is 5.00. The first-order chi connectivity index (χ1) is 7.63. The molecule has 0 fully saturated rings. The fraction of sp³-hybridized carbons (Fsp3) is 0.538. The van der Waals surface area contributed by atoms with Gasteiger partial charge in [-0.3, -0.25) is 0 Å². The highest BCUT2D eigenvalue weighted by Gasteiger charge is 2.37. The Hall–Kier alpha value is -0.383. The van der Waals surface area contributed by atoms with E-state index in [9.17, 15) is 4.39 Å². The van der Waals surface area contributed by atoms with E-state index in [1.165, 1.54) is 12.1 Å². The van der Waals surface area contributed by atoms with Gasteiger partial charge in [0.25, 0.3) is 0 Å². The van der Waals surface area contributed by atoms with Crippen LogP contribution in [0.1, 0.15) is 26.3 Å². The summed E-state index contributed by atoms with van der Waals surface area (Å²) >= 11 is 6.01. The van der Waals surface area contributed by atoms with Gasteiger partial charge in [0, 0.05) is 5.02 Å². The minimum absolute atomic E-state index is 0.146. The van der Waals surface area contributed by atoms with Crippen LogP contribution in [-0.2, 0) is 11.0 Å². The quantitative estimate of drug-likeness (QED) is 0.705. The summed E-state index contributed by atoms with van der Waals surface area (Å²) in [6, 6.07) is 4.37. The molecule has 0 heterocycles. The van der Waals surface area contributed by atoms with Crippen LogP contribution in [-0.4, -0.2) is 8.32 Å². The molecule has 96 valence electrons. The Morgan fingerprint density at radius 3 is 2.41 bits per heavy atom. The summed E-state index contributed by atoms with van der Waals surface area (Å²) in [5.41, 5.74) is 0.719. The van der Waals surface area contributed by atoms with Crippen molar-refractivity contribution < 1.29 is 8.82 Å². The van der Waals surface area contributed by atoms with Gasteiger partial charge < -0.3 is 4.43 Å². The first-order valence-corrected chi connectivity index (χ1v) is 9.00. The maximum Gasteiger partial charge on any atom is 0.192 e. The zero-order valence-electron chi connectivity index (χ0n) is 11.1. The Morgan fingerprint density at radius 2 is 1.88 bits per heavy atom. The molecule has 0 radical (unpaired) electrons. The van der Waals surface area contributed by atoms with Crippen molar-refractivity contribution in [1.29, 1.82) is 0 Å². The summed E-state index contributed by atoms with van der Waals surface area (Å²) in [4.78, 5) is 0. The number of hydrogen-bond acceptors (Lipinski definition) is 1. The number of rotatable bonds is 3. The standard InChI is InChI=1S/C13H20ClFOSi/c1-13(2,3)17(4,5)16-9-10-8-11(15)6-7-12(10)14/h6-8H,9H2,1-5H3. The highest BCUT2D eigenvalue weighted by Crippen LogP contribution is 2.37. The first kappa shape index (κ1) is 14.7. The first-order valence-electron chi connectivity index (χ1n) is 5.71. The molecule has 0 saturated carbocycles. The van der Waals surface area contributed by atoms with Crippen molar-refractivity contribution in [1.82, 2.24) is 0 Å². The molecule has 0 spiro atoms. The molecule has 0 aliphatic rings. The fourth-order valence-corrected chi connectivity index (χ4v) is 2.25. The van der Waals surface area contributed by atoms with Gasteiger partial charge in [-0.2, -0.15) is 0 Å². The van der Waals surface area contributed by atoms with Gasteiger partial charge in [0.2, 0.25) is 0 Å². The van der Waals surface area contributed by atoms with Gasteiger partial charge in [0.05, 0.1) is 6.61 Å². The van der Waals surface area contributed by atoms with E-state index in [-0.39, 0.29) is 10.9 Å². The third kappa shape index (κ3) is 3.80. The molecule has 0 aromatic heterocycles. The SMILES string of the molecule is CC(C)(C)[Si](C)(C)OCc1cc(F)ccc1Cl. The van der Waals surface area contributed by atoms with E-state index in [2.05, 4.69) is 33.9 Å². The van der Waals surface area contributed by atoms with Gasteiger partial charge in [-0.1, -0.05) is 32.4 Å². The molecule has 0 unspecified atom stereocenters. The lowest BCUT2D eigenvalue weighted by molar-refractivity contribution is 0.276. The maximum absolute atomic E-state index is 13.1. The van der Waals surface area contributed by atoms with Crippen LogP contribution in [0.25, 0.3) is 0 Å². The smallest absolute Gasteiger partial charge is 0.192 e. The summed E-state index contributed by atoms with van der Waals surface area (Å²) in [7, 11) is -1.81. The molecule has 0 aliphatic heterocycles. The molecule has 1 nitrogen and oxygen atoms in total. The van der Waals surface area contributed by atoms with E-state index in [1.807, 2.05) is 0 Å². The van der Waals surface area contributed by atoms with E-state index < -0.39 is 8.32 Å². The van der Waals surface area contributed by atoms with Gasteiger partial charge >= 0.3 is 0 Å².